The molecule has 1 atom stereocenters. The minimum atomic E-state index is -0.342. The van der Waals surface area contributed by atoms with E-state index in [1.165, 1.54) is 21.3 Å². The molecular formula is C19H26N2O2. The summed E-state index contributed by atoms with van der Waals surface area (Å²) in [6, 6.07) is 6.24. The third-order valence-electron chi connectivity index (χ3n) is 4.34. The monoisotopic (exact) mass is 314 g/mol. The predicted octanol–water partition coefficient (Wildman–Crippen LogP) is 4.83. The average molecular weight is 314 g/mol. The van der Waals surface area contributed by atoms with Crippen molar-refractivity contribution < 1.29 is 9.53 Å². The summed E-state index contributed by atoms with van der Waals surface area (Å²) in [6.45, 7) is 8.87. The Morgan fingerprint density at radius 1 is 1.30 bits per heavy atom. The van der Waals surface area contributed by atoms with Crippen molar-refractivity contribution in [2.75, 3.05) is 6.61 Å². The van der Waals surface area contributed by atoms with Gasteiger partial charge >= 0.3 is 6.09 Å². The highest BCUT2D eigenvalue weighted by Crippen LogP contribution is 2.27. The van der Waals surface area contributed by atoms with Crippen molar-refractivity contribution in [1.29, 1.82) is 0 Å². The van der Waals surface area contributed by atoms with E-state index in [-0.39, 0.29) is 12.0 Å². The van der Waals surface area contributed by atoms with Crippen LogP contribution in [0.15, 0.2) is 30.6 Å². The van der Waals surface area contributed by atoms with Crippen molar-refractivity contribution >= 4 is 6.09 Å². The number of aryl methyl sites for hydroxylation is 1. The maximum absolute atomic E-state index is 12.3. The zero-order valence-corrected chi connectivity index (χ0v) is 14.5. The number of carbonyl (C=O) groups excluding carboxylic acids is 1. The molecule has 0 aliphatic heterocycles. The number of imidazole rings is 1. The molecular weight excluding hydrogens is 288 g/mol. The fraction of sp³-hybridized carbons (Fsp3) is 0.474. The molecule has 0 fully saturated rings. The van der Waals surface area contributed by atoms with Crippen LogP contribution in [0.1, 0.15) is 61.5 Å². The van der Waals surface area contributed by atoms with E-state index in [1.54, 1.807) is 12.4 Å². The van der Waals surface area contributed by atoms with E-state index in [0.717, 1.165) is 25.1 Å². The lowest BCUT2D eigenvalue weighted by atomic mass is 9.93. The van der Waals surface area contributed by atoms with Crippen LogP contribution in [0.5, 0.6) is 0 Å². The van der Waals surface area contributed by atoms with Crippen LogP contribution in [0.3, 0.4) is 0 Å². The molecule has 1 heterocycles. The molecule has 0 amide bonds. The number of hydrogen-bond acceptors (Lipinski definition) is 3. The number of nitrogens with zero attached hydrogens (tertiary/aromatic N) is 2. The van der Waals surface area contributed by atoms with E-state index >= 15 is 0 Å². The Kier molecular flexibility index (Phi) is 5.97. The summed E-state index contributed by atoms with van der Waals surface area (Å²) >= 11 is 0. The Bertz CT molecular complexity index is 661. The summed E-state index contributed by atoms with van der Waals surface area (Å²) in [5.41, 5.74) is 3.68. The fourth-order valence-corrected chi connectivity index (χ4v) is 2.75. The van der Waals surface area contributed by atoms with Crippen LogP contribution >= 0.6 is 0 Å². The van der Waals surface area contributed by atoms with Crippen LogP contribution in [0.4, 0.5) is 4.79 Å². The second-order valence-corrected chi connectivity index (χ2v) is 5.99. The number of carbonyl (C=O) groups is 1. The van der Waals surface area contributed by atoms with Crippen molar-refractivity contribution in [3.05, 3.63) is 53.1 Å². The summed E-state index contributed by atoms with van der Waals surface area (Å²) in [7, 11) is 0. The number of unbranched alkanes of at least 4 members (excludes halogenated alkanes) is 2. The van der Waals surface area contributed by atoms with Crippen molar-refractivity contribution in [1.82, 2.24) is 9.55 Å². The van der Waals surface area contributed by atoms with Crippen LogP contribution in [-0.4, -0.2) is 22.3 Å². The quantitative estimate of drug-likeness (QED) is 0.718. The zero-order chi connectivity index (χ0) is 16.8. The van der Waals surface area contributed by atoms with Crippen molar-refractivity contribution in [3.63, 3.8) is 0 Å². The van der Waals surface area contributed by atoms with Gasteiger partial charge < -0.3 is 4.74 Å². The topological polar surface area (TPSA) is 44.1 Å². The molecule has 2 rings (SSSR count). The van der Waals surface area contributed by atoms with Gasteiger partial charge in [0.25, 0.3) is 0 Å². The molecule has 0 unspecified atom stereocenters. The maximum atomic E-state index is 12.3. The Morgan fingerprint density at radius 3 is 2.83 bits per heavy atom. The van der Waals surface area contributed by atoms with E-state index in [4.69, 9.17) is 4.74 Å². The molecule has 0 saturated carbocycles. The van der Waals surface area contributed by atoms with Gasteiger partial charge in [-0.3, -0.25) is 0 Å². The van der Waals surface area contributed by atoms with Crippen molar-refractivity contribution in [2.24, 2.45) is 0 Å². The molecule has 23 heavy (non-hydrogen) atoms. The number of rotatable bonds is 6. The van der Waals surface area contributed by atoms with Gasteiger partial charge in [0.2, 0.25) is 0 Å². The molecule has 1 aromatic carbocycles. The highest BCUT2D eigenvalue weighted by molar-refractivity contribution is 5.71. The molecule has 0 saturated heterocycles. The van der Waals surface area contributed by atoms with Gasteiger partial charge in [-0.2, -0.15) is 0 Å². The van der Waals surface area contributed by atoms with Crippen molar-refractivity contribution in [3.8, 4) is 0 Å². The first-order valence-corrected chi connectivity index (χ1v) is 8.32. The van der Waals surface area contributed by atoms with Crippen LogP contribution in [-0.2, 0) is 4.74 Å². The van der Waals surface area contributed by atoms with Gasteiger partial charge in [0.15, 0.2) is 0 Å². The molecule has 1 aromatic heterocycles. The summed E-state index contributed by atoms with van der Waals surface area (Å²) in [5, 5.41) is 0. The average Bonchev–Trinajstić information content (AvgIpc) is 3.03. The molecule has 0 radical (unpaired) electrons. The lowest BCUT2D eigenvalue weighted by Gasteiger charge is -2.17. The smallest absolute Gasteiger partial charge is 0.419 e. The standard InChI is InChI=1S/C19H26N2O2/c1-5-6-7-13-23-19(22)21-12-11-20-18(21)16(4)17-10-8-9-14(2)15(17)3/h8-12,16H,5-7,13H2,1-4H3/t16-/m0/s1. The minimum Gasteiger partial charge on any atom is -0.449 e. The van der Waals surface area contributed by atoms with Gasteiger partial charge in [0, 0.05) is 18.3 Å². The Morgan fingerprint density at radius 2 is 2.09 bits per heavy atom. The number of aromatic nitrogens is 2. The molecule has 0 bridgehead atoms. The summed E-state index contributed by atoms with van der Waals surface area (Å²) < 4.78 is 6.88. The normalized spacial score (nSPS) is 12.2. The second-order valence-electron chi connectivity index (χ2n) is 5.99. The molecule has 0 aliphatic carbocycles. The Balaban J connectivity index is 2.16. The summed E-state index contributed by atoms with van der Waals surface area (Å²) in [4.78, 5) is 16.7. The molecule has 0 aliphatic rings. The van der Waals surface area contributed by atoms with E-state index in [9.17, 15) is 4.79 Å². The van der Waals surface area contributed by atoms with Crippen LogP contribution in [0.2, 0.25) is 0 Å². The van der Waals surface area contributed by atoms with Gasteiger partial charge in [-0.15, -0.1) is 0 Å². The van der Waals surface area contributed by atoms with E-state index in [0.29, 0.717) is 6.61 Å². The van der Waals surface area contributed by atoms with Gasteiger partial charge in [0.05, 0.1) is 6.61 Å². The molecule has 0 N–H and O–H groups in total. The van der Waals surface area contributed by atoms with Gasteiger partial charge in [-0.1, -0.05) is 44.9 Å². The number of benzene rings is 1. The fourth-order valence-electron chi connectivity index (χ4n) is 2.75. The first-order valence-electron chi connectivity index (χ1n) is 8.32. The molecule has 124 valence electrons. The number of hydrogen-bond donors (Lipinski definition) is 0. The lowest BCUT2D eigenvalue weighted by molar-refractivity contribution is 0.144. The molecule has 2 aromatic rings. The highest BCUT2D eigenvalue weighted by Gasteiger charge is 2.20. The molecule has 4 heteroatoms. The van der Waals surface area contributed by atoms with Crippen LogP contribution in [0.25, 0.3) is 0 Å². The third-order valence-corrected chi connectivity index (χ3v) is 4.34. The lowest BCUT2D eigenvalue weighted by Crippen LogP contribution is -2.18. The van der Waals surface area contributed by atoms with Crippen molar-refractivity contribution in [2.45, 2.75) is 52.9 Å². The second kappa shape index (κ2) is 7.95. The molecule has 0 spiro atoms. The summed E-state index contributed by atoms with van der Waals surface area (Å²) in [6.07, 6.45) is 6.08. The highest BCUT2D eigenvalue weighted by atomic mass is 16.5. The van der Waals surface area contributed by atoms with E-state index in [2.05, 4.69) is 44.8 Å². The summed E-state index contributed by atoms with van der Waals surface area (Å²) in [5.74, 6) is 0.757. The van der Waals surface area contributed by atoms with Crippen LogP contribution in [0, 0.1) is 13.8 Å². The third kappa shape index (κ3) is 4.01. The predicted molar refractivity (Wildman–Crippen MR) is 91.9 cm³/mol. The minimum absolute atomic E-state index is 0.0353. The first kappa shape index (κ1) is 17.3. The first-order chi connectivity index (χ1) is 11.1. The SMILES string of the molecule is CCCCCOC(=O)n1ccnc1[C@@H](C)c1cccc(C)c1C. The molecule has 4 nitrogen and oxygen atoms in total. The van der Waals surface area contributed by atoms with E-state index in [1.807, 2.05) is 6.07 Å². The largest absolute Gasteiger partial charge is 0.449 e. The van der Waals surface area contributed by atoms with Gasteiger partial charge in [-0.05, 0) is 37.0 Å². The van der Waals surface area contributed by atoms with Gasteiger partial charge in [0.1, 0.15) is 5.82 Å². The number of ether oxygens (including phenoxy) is 1. The zero-order valence-electron chi connectivity index (χ0n) is 14.5. The van der Waals surface area contributed by atoms with Gasteiger partial charge in [-0.25, -0.2) is 14.3 Å². The van der Waals surface area contributed by atoms with E-state index < -0.39 is 0 Å². The van der Waals surface area contributed by atoms with Crippen LogP contribution < -0.4 is 0 Å². The maximum Gasteiger partial charge on any atom is 0.419 e. The Labute approximate surface area is 138 Å². The Hall–Kier alpha value is -2.10.